The molecule has 0 radical (unpaired) electrons. The Balaban J connectivity index is 2.69. The van der Waals surface area contributed by atoms with Crippen LogP contribution < -0.4 is 0 Å². The third-order valence-corrected chi connectivity index (χ3v) is 2.61. The smallest absolute Gasteiger partial charge is 0.333 e. The van der Waals surface area contributed by atoms with Gasteiger partial charge < -0.3 is 4.74 Å². The summed E-state index contributed by atoms with van der Waals surface area (Å²) in [5.74, 6) is -0.104. The molecule has 15 heavy (non-hydrogen) atoms. The summed E-state index contributed by atoms with van der Waals surface area (Å²) in [5.41, 5.74) is 3.50. The fraction of sp³-hybridized carbons (Fsp3) is 0.615. The summed E-state index contributed by atoms with van der Waals surface area (Å²) < 4.78 is 5.05. The first-order valence-electron chi connectivity index (χ1n) is 5.66. The van der Waals surface area contributed by atoms with Gasteiger partial charge in [-0.15, -0.1) is 0 Å². The summed E-state index contributed by atoms with van der Waals surface area (Å²) in [5, 5.41) is 0. The topological polar surface area (TPSA) is 26.3 Å². The molecule has 0 saturated heterocycles. The van der Waals surface area contributed by atoms with Crippen molar-refractivity contribution in [2.24, 2.45) is 0 Å². The number of carbonyl (C=O) groups is 1. The Morgan fingerprint density at radius 1 is 1.40 bits per heavy atom. The molecule has 0 unspecified atom stereocenters. The lowest BCUT2D eigenvalue weighted by molar-refractivity contribution is -0.138. The molecule has 0 fully saturated rings. The fourth-order valence-electron chi connectivity index (χ4n) is 1.82. The average molecular weight is 208 g/mol. The van der Waals surface area contributed by atoms with Crippen LogP contribution in [-0.2, 0) is 9.53 Å². The standard InChI is InChI=1S/C13H20O2/c1-4-15-13(14)12-7-5-6-11(12)9-8-10(2)3/h8H,4-7,9H2,1-3H3. The van der Waals surface area contributed by atoms with Crippen LogP contribution in [0, 0.1) is 0 Å². The van der Waals surface area contributed by atoms with Gasteiger partial charge in [0.15, 0.2) is 0 Å². The normalized spacial score (nSPS) is 15.4. The van der Waals surface area contributed by atoms with Crippen molar-refractivity contribution in [3.63, 3.8) is 0 Å². The van der Waals surface area contributed by atoms with Crippen molar-refractivity contribution >= 4 is 5.97 Å². The highest BCUT2D eigenvalue weighted by Crippen LogP contribution is 2.29. The molecule has 0 atom stereocenters. The van der Waals surface area contributed by atoms with Crippen molar-refractivity contribution in [2.75, 3.05) is 6.61 Å². The number of ether oxygens (including phenoxy) is 1. The minimum absolute atomic E-state index is 0.104. The Hall–Kier alpha value is -1.05. The first-order valence-corrected chi connectivity index (χ1v) is 5.66. The van der Waals surface area contributed by atoms with Crippen LogP contribution in [0.5, 0.6) is 0 Å². The van der Waals surface area contributed by atoms with Crippen LogP contribution in [0.2, 0.25) is 0 Å². The molecule has 0 saturated carbocycles. The molecule has 0 aromatic carbocycles. The lowest BCUT2D eigenvalue weighted by Crippen LogP contribution is -2.07. The Morgan fingerprint density at radius 3 is 2.73 bits per heavy atom. The summed E-state index contributed by atoms with van der Waals surface area (Å²) in [6, 6.07) is 0. The van der Waals surface area contributed by atoms with E-state index in [2.05, 4.69) is 19.9 Å². The second kappa shape index (κ2) is 5.74. The Bertz CT molecular complexity index is 294. The number of hydrogen-bond acceptors (Lipinski definition) is 2. The Labute approximate surface area is 92.0 Å². The largest absolute Gasteiger partial charge is 0.463 e. The number of rotatable bonds is 4. The molecule has 1 aliphatic rings. The summed E-state index contributed by atoms with van der Waals surface area (Å²) in [6.45, 7) is 6.49. The fourth-order valence-corrected chi connectivity index (χ4v) is 1.82. The predicted octanol–water partition coefficient (Wildman–Crippen LogP) is 3.39. The zero-order valence-electron chi connectivity index (χ0n) is 9.93. The van der Waals surface area contributed by atoms with Crippen LogP contribution in [-0.4, -0.2) is 12.6 Å². The van der Waals surface area contributed by atoms with Crippen LogP contribution in [0.15, 0.2) is 22.8 Å². The van der Waals surface area contributed by atoms with Gasteiger partial charge in [0, 0.05) is 5.57 Å². The summed E-state index contributed by atoms with van der Waals surface area (Å²) in [4.78, 5) is 11.6. The summed E-state index contributed by atoms with van der Waals surface area (Å²) in [7, 11) is 0. The van der Waals surface area contributed by atoms with E-state index in [-0.39, 0.29) is 5.97 Å². The van der Waals surface area contributed by atoms with Gasteiger partial charge in [0.05, 0.1) is 6.61 Å². The highest BCUT2D eigenvalue weighted by Gasteiger charge is 2.20. The van der Waals surface area contributed by atoms with Crippen LogP contribution >= 0.6 is 0 Å². The SMILES string of the molecule is CCOC(=O)C1=C(CC=C(C)C)CCC1. The second-order valence-corrected chi connectivity index (χ2v) is 4.14. The van der Waals surface area contributed by atoms with E-state index in [1.54, 1.807) is 0 Å². The molecule has 0 spiro atoms. The zero-order chi connectivity index (χ0) is 11.3. The maximum atomic E-state index is 11.6. The molecule has 0 aromatic heterocycles. The van der Waals surface area contributed by atoms with Gasteiger partial charge in [-0.3, -0.25) is 0 Å². The predicted molar refractivity (Wildman–Crippen MR) is 61.6 cm³/mol. The maximum absolute atomic E-state index is 11.6. The van der Waals surface area contributed by atoms with Gasteiger partial charge in [0.1, 0.15) is 0 Å². The molecule has 0 aliphatic heterocycles. The van der Waals surface area contributed by atoms with E-state index in [1.807, 2.05) is 6.92 Å². The van der Waals surface area contributed by atoms with Gasteiger partial charge in [-0.2, -0.15) is 0 Å². The van der Waals surface area contributed by atoms with Gasteiger partial charge >= 0.3 is 5.97 Å². The monoisotopic (exact) mass is 208 g/mol. The molecule has 84 valence electrons. The molecule has 0 heterocycles. The van der Waals surface area contributed by atoms with E-state index in [0.717, 1.165) is 31.3 Å². The van der Waals surface area contributed by atoms with E-state index in [1.165, 1.54) is 11.1 Å². The van der Waals surface area contributed by atoms with E-state index < -0.39 is 0 Å². The third-order valence-electron chi connectivity index (χ3n) is 2.61. The quantitative estimate of drug-likeness (QED) is 0.523. The molecule has 1 rings (SSSR count). The number of allylic oxidation sites excluding steroid dienone is 3. The van der Waals surface area contributed by atoms with Crippen LogP contribution in [0.4, 0.5) is 0 Å². The van der Waals surface area contributed by atoms with Crippen molar-refractivity contribution in [2.45, 2.75) is 46.5 Å². The minimum atomic E-state index is -0.104. The molecular weight excluding hydrogens is 188 g/mol. The zero-order valence-corrected chi connectivity index (χ0v) is 9.93. The van der Waals surface area contributed by atoms with Crippen molar-refractivity contribution in [1.82, 2.24) is 0 Å². The second-order valence-electron chi connectivity index (χ2n) is 4.14. The first kappa shape index (κ1) is 12.0. The van der Waals surface area contributed by atoms with Gasteiger partial charge in [0.2, 0.25) is 0 Å². The lowest BCUT2D eigenvalue weighted by atomic mass is 10.1. The van der Waals surface area contributed by atoms with Crippen LogP contribution in [0.25, 0.3) is 0 Å². The van der Waals surface area contributed by atoms with Crippen LogP contribution in [0.1, 0.15) is 46.5 Å². The van der Waals surface area contributed by atoms with E-state index in [0.29, 0.717) is 6.61 Å². The number of hydrogen-bond donors (Lipinski definition) is 0. The number of esters is 1. The van der Waals surface area contributed by atoms with Gasteiger partial charge in [-0.25, -0.2) is 4.79 Å². The van der Waals surface area contributed by atoms with Gasteiger partial charge in [-0.1, -0.05) is 17.2 Å². The first-order chi connectivity index (χ1) is 7.15. The molecule has 2 heteroatoms. The highest BCUT2D eigenvalue weighted by atomic mass is 16.5. The van der Waals surface area contributed by atoms with Crippen molar-refractivity contribution in [3.05, 3.63) is 22.8 Å². The summed E-state index contributed by atoms with van der Waals surface area (Å²) >= 11 is 0. The Kier molecular flexibility index (Phi) is 4.60. The lowest BCUT2D eigenvalue weighted by Gasteiger charge is -2.05. The van der Waals surface area contributed by atoms with Gasteiger partial charge in [0.25, 0.3) is 0 Å². The van der Waals surface area contributed by atoms with E-state index in [9.17, 15) is 4.79 Å². The number of carbonyl (C=O) groups excluding carboxylic acids is 1. The Morgan fingerprint density at radius 2 is 2.13 bits per heavy atom. The molecular formula is C13H20O2. The minimum Gasteiger partial charge on any atom is -0.463 e. The van der Waals surface area contributed by atoms with Gasteiger partial charge in [-0.05, 0) is 46.5 Å². The molecule has 2 nitrogen and oxygen atoms in total. The molecule has 0 bridgehead atoms. The maximum Gasteiger partial charge on any atom is 0.333 e. The van der Waals surface area contributed by atoms with Crippen molar-refractivity contribution in [3.8, 4) is 0 Å². The van der Waals surface area contributed by atoms with E-state index in [4.69, 9.17) is 4.74 Å². The molecule has 0 amide bonds. The molecule has 0 N–H and O–H groups in total. The van der Waals surface area contributed by atoms with Crippen LogP contribution in [0.3, 0.4) is 0 Å². The summed E-state index contributed by atoms with van der Waals surface area (Å²) in [6.07, 6.45) is 6.14. The van der Waals surface area contributed by atoms with Crippen molar-refractivity contribution < 1.29 is 9.53 Å². The molecule has 0 aromatic rings. The van der Waals surface area contributed by atoms with Crippen molar-refractivity contribution in [1.29, 1.82) is 0 Å². The highest BCUT2D eigenvalue weighted by molar-refractivity contribution is 5.90. The average Bonchev–Trinajstić information content (AvgIpc) is 2.62. The third kappa shape index (κ3) is 3.54. The molecule has 1 aliphatic carbocycles. The van der Waals surface area contributed by atoms with E-state index >= 15 is 0 Å².